The van der Waals surface area contributed by atoms with Crippen LogP contribution in [0.15, 0.2) is 72.8 Å². The molecule has 4 rings (SSSR count). The lowest BCUT2D eigenvalue weighted by Crippen LogP contribution is -2.34. The summed E-state index contributed by atoms with van der Waals surface area (Å²) >= 11 is 0. The van der Waals surface area contributed by atoms with Crippen LogP contribution in [0.1, 0.15) is 87.4 Å². The molecule has 248 valence electrons. The summed E-state index contributed by atoms with van der Waals surface area (Å²) < 4.78 is 21.6. The van der Waals surface area contributed by atoms with Crippen LogP contribution in [0.5, 0.6) is 0 Å². The molecule has 2 aromatic rings. The van der Waals surface area contributed by atoms with Crippen LogP contribution < -0.4 is 10.6 Å². The van der Waals surface area contributed by atoms with Gasteiger partial charge in [-0.25, -0.2) is 19.2 Å². The van der Waals surface area contributed by atoms with E-state index in [0.717, 1.165) is 74.6 Å². The van der Waals surface area contributed by atoms with Gasteiger partial charge in [0.2, 0.25) is 0 Å². The highest BCUT2D eigenvalue weighted by Gasteiger charge is 2.22. The summed E-state index contributed by atoms with van der Waals surface area (Å²) in [5.41, 5.74) is 1.48. The maximum absolute atomic E-state index is 12.6. The van der Waals surface area contributed by atoms with Gasteiger partial charge in [-0.2, -0.15) is 0 Å². The van der Waals surface area contributed by atoms with Gasteiger partial charge >= 0.3 is 24.1 Å². The third kappa shape index (κ3) is 12.6. The van der Waals surface area contributed by atoms with E-state index in [1.165, 1.54) is 12.8 Å². The summed E-state index contributed by atoms with van der Waals surface area (Å²) in [6.45, 7) is 0.397. The molecule has 2 fully saturated rings. The van der Waals surface area contributed by atoms with E-state index in [9.17, 15) is 19.2 Å². The van der Waals surface area contributed by atoms with Crippen molar-refractivity contribution in [3.8, 4) is 0 Å². The number of ether oxygens (including phenoxy) is 4. The lowest BCUT2D eigenvalue weighted by atomic mass is 9.90. The van der Waals surface area contributed by atoms with Gasteiger partial charge in [-0.05, 0) is 48.6 Å². The molecule has 0 radical (unpaired) electrons. The molecule has 0 heterocycles. The van der Waals surface area contributed by atoms with E-state index < -0.39 is 36.2 Å². The summed E-state index contributed by atoms with van der Waals surface area (Å²) in [6.07, 6.45) is 12.0. The molecule has 2 aliphatic rings. The maximum Gasteiger partial charge on any atom is 0.407 e. The Morgan fingerprint density at radius 2 is 0.935 bits per heavy atom. The van der Waals surface area contributed by atoms with Gasteiger partial charge in [0, 0.05) is 12.2 Å². The molecule has 0 aromatic heterocycles. The van der Waals surface area contributed by atoms with Crippen LogP contribution >= 0.6 is 0 Å². The van der Waals surface area contributed by atoms with Gasteiger partial charge in [0.25, 0.3) is 0 Å². The smallest absolute Gasteiger partial charge is 0.407 e. The Bertz CT molecular complexity index is 1160. The predicted octanol–water partition coefficient (Wildman–Crippen LogP) is 6.72. The third-order valence-corrected chi connectivity index (χ3v) is 8.48. The Labute approximate surface area is 271 Å². The topological polar surface area (TPSA) is 129 Å². The van der Waals surface area contributed by atoms with E-state index in [1.807, 2.05) is 60.7 Å². The predicted molar refractivity (Wildman–Crippen MR) is 172 cm³/mol. The van der Waals surface area contributed by atoms with Gasteiger partial charge in [-0.15, -0.1) is 0 Å². The zero-order chi connectivity index (χ0) is 32.4. The van der Waals surface area contributed by atoms with Gasteiger partial charge in [0.1, 0.15) is 13.2 Å². The number of hydrogen-bond donors (Lipinski definition) is 2. The second-order valence-electron chi connectivity index (χ2n) is 12.0. The number of amides is 2. The van der Waals surface area contributed by atoms with Crippen LogP contribution in [-0.4, -0.2) is 50.6 Å². The molecule has 10 heteroatoms. The van der Waals surface area contributed by atoms with Crippen LogP contribution in [0.3, 0.4) is 0 Å². The van der Waals surface area contributed by atoms with Crippen LogP contribution in [0.25, 0.3) is 0 Å². The third-order valence-electron chi connectivity index (χ3n) is 8.48. The Morgan fingerprint density at radius 3 is 1.30 bits per heavy atom. The first-order valence-electron chi connectivity index (χ1n) is 16.4. The van der Waals surface area contributed by atoms with Crippen molar-refractivity contribution in [1.82, 2.24) is 10.6 Å². The Hall–Kier alpha value is -4.34. The molecule has 46 heavy (non-hydrogen) atoms. The summed E-state index contributed by atoms with van der Waals surface area (Å²) in [4.78, 5) is 50.1. The van der Waals surface area contributed by atoms with Crippen LogP contribution in [0.4, 0.5) is 9.59 Å². The number of nitrogens with one attached hydrogen (secondary N) is 2. The molecular weight excluding hydrogens is 588 g/mol. The van der Waals surface area contributed by atoms with Crippen molar-refractivity contribution in [3.63, 3.8) is 0 Å². The van der Waals surface area contributed by atoms with Crippen molar-refractivity contribution in [2.45, 2.75) is 76.3 Å². The Kier molecular flexibility index (Phi) is 14.4. The first-order chi connectivity index (χ1) is 22.5. The summed E-state index contributed by atoms with van der Waals surface area (Å²) in [6, 6.07) is 17.0. The Balaban J connectivity index is 1.23. The minimum Gasteiger partial charge on any atom is -0.460 e. The number of carbonyl (C=O) groups excluding carboxylic acids is 4. The fraction of sp³-hybridized carbons (Fsp3) is 0.500. The molecule has 2 saturated carbocycles. The van der Waals surface area contributed by atoms with Crippen molar-refractivity contribution < 1.29 is 38.1 Å². The fourth-order valence-corrected chi connectivity index (χ4v) is 5.84. The quantitative estimate of drug-likeness (QED) is 0.133. The molecule has 2 aromatic carbocycles. The van der Waals surface area contributed by atoms with Crippen LogP contribution in [0, 0.1) is 11.8 Å². The molecule has 2 N–H and O–H groups in total. The highest BCUT2D eigenvalue weighted by atomic mass is 16.6. The summed E-state index contributed by atoms with van der Waals surface area (Å²) in [7, 11) is 0. The molecule has 0 bridgehead atoms. The molecule has 1 unspecified atom stereocenters. The van der Waals surface area contributed by atoms with Crippen LogP contribution in [-0.2, 0) is 28.5 Å². The van der Waals surface area contributed by atoms with Crippen molar-refractivity contribution >= 4 is 24.1 Å². The minimum absolute atomic E-state index is 0.163. The number of benzene rings is 2. The number of rotatable bonds is 14. The highest BCUT2D eigenvalue weighted by Crippen LogP contribution is 2.25. The molecule has 10 nitrogen and oxygen atoms in total. The zero-order valence-corrected chi connectivity index (χ0v) is 26.4. The van der Waals surface area contributed by atoms with Gasteiger partial charge in [-0.3, -0.25) is 0 Å². The average molecular weight is 635 g/mol. The lowest BCUT2D eigenvalue weighted by molar-refractivity contribution is -0.141. The van der Waals surface area contributed by atoms with Gasteiger partial charge < -0.3 is 29.6 Å². The Morgan fingerprint density at radius 1 is 0.565 bits per heavy atom. The largest absolute Gasteiger partial charge is 0.460 e. The number of esters is 2. The van der Waals surface area contributed by atoms with Crippen molar-refractivity contribution in [2.75, 3.05) is 26.4 Å². The first-order valence-corrected chi connectivity index (χ1v) is 16.4. The monoisotopic (exact) mass is 634 g/mol. The van der Waals surface area contributed by atoms with E-state index in [0.29, 0.717) is 25.0 Å². The highest BCUT2D eigenvalue weighted by molar-refractivity contribution is 5.91. The molecule has 2 atom stereocenters. The summed E-state index contributed by atoms with van der Waals surface area (Å²) in [5, 5.41) is 5.57. The lowest BCUT2D eigenvalue weighted by Gasteiger charge is -2.23. The summed E-state index contributed by atoms with van der Waals surface area (Å²) in [5.74, 6) is -0.814. The van der Waals surface area contributed by atoms with E-state index in [1.54, 1.807) is 0 Å². The average Bonchev–Trinajstić information content (AvgIpc) is 3.10. The van der Waals surface area contributed by atoms with Crippen molar-refractivity contribution in [2.24, 2.45) is 11.8 Å². The first kappa shape index (κ1) is 34.5. The van der Waals surface area contributed by atoms with E-state index in [-0.39, 0.29) is 13.2 Å². The maximum atomic E-state index is 12.6. The fourth-order valence-electron chi connectivity index (χ4n) is 5.84. The van der Waals surface area contributed by atoms with E-state index >= 15 is 0 Å². The molecule has 2 amide bonds. The molecule has 0 aliphatic heterocycles. The van der Waals surface area contributed by atoms with Gasteiger partial charge in [0.15, 0.2) is 0 Å². The van der Waals surface area contributed by atoms with Crippen molar-refractivity contribution in [1.29, 1.82) is 0 Å². The van der Waals surface area contributed by atoms with E-state index in [2.05, 4.69) is 10.6 Å². The second-order valence-corrected chi connectivity index (χ2v) is 12.0. The molecule has 0 saturated heterocycles. The van der Waals surface area contributed by atoms with Gasteiger partial charge in [0.05, 0.1) is 25.3 Å². The number of alkyl carbamates (subject to hydrolysis) is 2. The molecule has 2 aliphatic carbocycles. The normalized spacial score (nSPS) is 17.0. The van der Waals surface area contributed by atoms with Crippen LogP contribution in [0.2, 0.25) is 0 Å². The number of carbonyl (C=O) groups is 4. The zero-order valence-electron chi connectivity index (χ0n) is 26.4. The standard InChI is InChI=1S/C36H46N2O8/c39-33(43-25-31(29-17-9-3-10-18-29)37-35(41)45-23-27-13-5-1-6-14-27)21-22-34(40)44-26-32(30-19-11-4-12-20-30)38-36(42)46-24-28-15-7-2-8-16-28/h3-4,9-12,17-22,27-28,31-32H,1-2,5-8,13-16,23-26H2,(H,37,41)(H,38,42)/b22-21+/t31-,32?/m1/s1. The minimum atomic E-state index is -0.778. The number of hydrogen-bond acceptors (Lipinski definition) is 8. The molecular formula is C36H46N2O8. The van der Waals surface area contributed by atoms with Gasteiger partial charge in [-0.1, -0.05) is 99.2 Å². The second kappa shape index (κ2) is 19.2. The van der Waals surface area contributed by atoms with Crippen molar-refractivity contribution in [3.05, 3.63) is 83.9 Å². The SMILES string of the molecule is O=C(/C=C/C(=O)OC[C@@H](NC(=O)OCC1CCCCC1)c1ccccc1)OCC(NC(=O)OCC1CCCCC1)c1ccccc1. The van der Waals surface area contributed by atoms with E-state index in [4.69, 9.17) is 18.9 Å². The molecule has 0 spiro atoms.